The number of guanidine groups is 1. The molecule has 0 spiro atoms. The van der Waals surface area contributed by atoms with E-state index in [1.807, 2.05) is 11.8 Å². The fourth-order valence-electron chi connectivity index (χ4n) is 3.82. The van der Waals surface area contributed by atoms with Crippen molar-refractivity contribution in [3.63, 3.8) is 0 Å². The molecule has 28 heavy (non-hydrogen) atoms. The van der Waals surface area contributed by atoms with Gasteiger partial charge in [0.15, 0.2) is 5.96 Å². The van der Waals surface area contributed by atoms with E-state index < -0.39 is 12.7 Å². The van der Waals surface area contributed by atoms with Gasteiger partial charge in [-0.25, -0.2) is 0 Å². The second-order valence-electron chi connectivity index (χ2n) is 7.65. The lowest BCUT2D eigenvalue weighted by atomic mass is 9.93. The maximum Gasteiger partial charge on any atom is 0.401 e. The Bertz CT molecular complexity index is 504. The summed E-state index contributed by atoms with van der Waals surface area (Å²) in [6, 6.07) is 0. The van der Waals surface area contributed by atoms with Gasteiger partial charge in [-0.15, -0.1) is 0 Å². The van der Waals surface area contributed by atoms with Crippen LogP contribution in [0.4, 0.5) is 13.2 Å². The van der Waals surface area contributed by atoms with Crippen LogP contribution in [-0.2, 0) is 4.79 Å². The molecule has 1 amide bonds. The van der Waals surface area contributed by atoms with Gasteiger partial charge in [-0.2, -0.15) is 13.2 Å². The first-order valence-corrected chi connectivity index (χ1v) is 10.5. The quantitative estimate of drug-likeness (QED) is 0.351. The SMILES string of the molecule is CCNC(=NCCCN1CCCC1=O)NCCC1CCN(CC(F)(F)F)CC1. The Morgan fingerprint density at radius 3 is 2.57 bits per heavy atom. The fourth-order valence-corrected chi connectivity index (χ4v) is 3.82. The molecule has 6 nitrogen and oxygen atoms in total. The molecule has 2 rings (SSSR count). The van der Waals surface area contributed by atoms with Gasteiger partial charge in [-0.3, -0.25) is 14.7 Å². The molecule has 0 radical (unpaired) electrons. The Kier molecular flexibility index (Phi) is 9.34. The van der Waals surface area contributed by atoms with Crippen LogP contribution in [-0.4, -0.2) is 80.2 Å². The molecule has 0 aromatic heterocycles. The molecule has 2 saturated heterocycles. The summed E-state index contributed by atoms with van der Waals surface area (Å²) in [5, 5.41) is 6.53. The number of carbonyl (C=O) groups excluding carboxylic acids is 1. The number of amides is 1. The summed E-state index contributed by atoms with van der Waals surface area (Å²) in [6.45, 7) is 6.08. The summed E-state index contributed by atoms with van der Waals surface area (Å²) < 4.78 is 37.3. The fraction of sp³-hybridized carbons (Fsp3) is 0.895. The zero-order valence-electron chi connectivity index (χ0n) is 16.9. The van der Waals surface area contributed by atoms with Gasteiger partial charge in [-0.05, 0) is 58.0 Å². The maximum atomic E-state index is 12.4. The smallest absolute Gasteiger partial charge is 0.357 e. The minimum atomic E-state index is -4.10. The van der Waals surface area contributed by atoms with Gasteiger partial charge >= 0.3 is 6.18 Å². The van der Waals surface area contributed by atoms with Crippen molar-refractivity contribution < 1.29 is 18.0 Å². The van der Waals surface area contributed by atoms with E-state index in [1.165, 1.54) is 4.90 Å². The number of hydrogen-bond acceptors (Lipinski definition) is 3. The van der Waals surface area contributed by atoms with Crippen LogP contribution in [0.2, 0.25) is 0 Å². The Labute approximate surface area is 165 Å². The van der Waals surface area contributed by atoms with E-state index in [0.717, 1.165) is 64.2 Å². The van der Waals surface area contributed by atoms with Gasteiger partial charge in [-0.1, -0.05) is 0 Å². The number of aliphatic imine (C=N–C) groups is 1. The molecular formula is C19H34F3N5O. The highest BCUT2D eigenvalue weighted by atomic mass is 19.4. The van der Waals surface area contributed by atoms with Gasteiger partial charge in [0.05, 0.1) is 6.54 Å². The first-order chi connectivity index (χ1) is 13.4. The Morgan fingerprint density at radius 2 is 1.96 bits per heavy atom. The molecular weight excluding hydrogens is 371 g/mol. The molecule has 0 atom stereocenters. The van der Waals surface area contributed by atoms with E-state index >= 15 is 0 Å². The van der Waals surface area contributed by atoms with Crippen molar-refractivity contribution >= 4 is 11.9 Å². The number of piperidine rings is 1. The molecule has 2 heterocycles. The van der Waals surface area contributed by atoms with Crippen molar-refractivity contribution in [3.8, 4) is 0 Å². The van der Waals surface area contributed by atoms with E-state index in [0.29, 0.717) is 32.0 Å². The summed E-state index contributed by atoms with van der Waals surface area (Å²) in [5.74, 6) is 1.47. The first-order valence-electron chi connectivity index (χ1n) is 10.5. The number of alkyl halides is 3. The Hall–Kier alpha value is -1.51. The van der Waals surface area contributed by atoms with Crippen LogP contribution >= 0.6 is 0 Å². The van der Waals surface area contributed by atoms with E-state index in [-0.39, 0.29) is 5.91 Å². The van der Waals surface area contributed by atoms with Crippen molar-refractivity contribution in [2.75, 3.05) is 52.4 Å². The minimum absolute atomic E-state index is 0.246. The molecule has 2 fully saturated rings. The number of nitrogens with one attached hydrogen (secondary N) is 2. The largest absolute Gasteiger partial charge is 0.401 e. The summed E-state index contributed by atoms with van der Waals surface area (Å²) in [4.78, 5) is 19.6. The number of carbonyl (C=O) groups is 1. The normalized spacial score (nSPS) is 20.1. The number of nitrogens with zero attached hydrogens (tertiary/aromatic N) is 3. The third-order valence-electron chi connectivity index (χ3n) is 5.33. The van der Waals surface area contributed by atoms with Crippen LogP contribution in [0.1, 0.15) is 45.4 Å². The third-order valence-corrected chi connectivity index (χ3v) is 5.33. The zero-order valence-corrected chi connectivity index (χ0v) is 16.9. The number of rotatable bonds is 9. The molecule has 9 heteroatoms. The Morgan fingerprint density at radius 1 is 1.21 bits per heavy atom. The summed E-state index contributed by atoms with van der Waals surface area (Å²) in [7, 11) is 0. The predicted molar refractivity (Wildman–Crippen MR) is 104 cm³/mol. The van der Waals surface area contributed by atoms with E-state index in [1.54, 1.807) is 0 Å². The average Bonchev–Trinajstić information content (AvgIpc) is 3.04. The van der Waals surface area contributed by atoms with Crippen molar-refractivity contribution in [1.29, 1.82) is 0 Å². The van der Waals surface area contributed by atoms with Crippen LogP contribution in [0.3, 0.4) is 0 Å². The zero-order chi connectivity index (χ0) is 20.4. The number of hydrogen-bond donors (Lipinski definition) is 2. The van der Waals surface area contributed by atoms with Crippen molar-refractivity contribution in [1.82, 2.24) is 20.4 Å². The van der Waals surface area contributed by atoms with Crippen LogP contribution in [0.15, 0.2) is 4.99 Å². The van der Waals surface area contributed by atoms with Crippen molar-refractivity contribution in [2.24, 2.45) is 10.9 Å². The molecule has 0 aliphatic carbocycles. The van der Waals surface area contributed by atoms with Crippen molar-refractivity contribution in [3.05, 3.63) is 0 Å². The lowest BCUT2D eigenvalue weighted by Gasteiger charge is -2.32. The van der Waals surface area contributed by atoms with Crippen LogP contribution in [0, 0.1) is 5.92 Å². The highest BCUT2D eigenvalue weighted by molar-refractivity contribution is 5.79. The van der Waals surface area contributed by atoms with Gasteiger partial charge in [0.1, 0.15) is 0 Å². The molecule has 0 saturated carbocycles. The summed E-state index contributed by atoms with van der Waals surface area (Å²) in [6.07, 6.45) is 0.939. The van der Waals surface area contributed by atoms with Gasteiger partial charge in [0.2, 0.25) is 5.91 Å². The van der Waals surface area contributed by atoms with Crippen LogP contribution in [0.5, 0.6) is 0 Å². The van der Waals surface area contributed by atoms with E-state index in [9.17, 15) is 18.0 Å². The summed E-state index contributed by atoms with van der Waals surface area (Å²) >= 11 is 0. The predicted octanol–water partition coefficient (Wildman–Crippen LogP) is 2.22. The highest BCUT2D eigenvalue weighted by Gasteiger charge is 2.32. The van der Waals surface area contributed by atoms with Crippen LogP contribution < -0.4 is 10.6 Å². The topological polar surface area (TPSA) is 60.0 Å². The second-order valence-corrected chi connectivity index (χ2v) is 7.65. The first kappa shape index (κ1) is 22.8. The highest BCUT2D eigenvalue weighted by Crippen LogP contribution is 2.23. The maximum absolute atomic E-state index is 12.4. The second kappa shape index (κ2) is 11.5. The van der Waals surface area contributed by atoms with Gasteiger partial charge in [0.25, 0.3) is 0 Å². The minimum Gasteiger partial charge on any atom is -0.357 e. The lowest BCUT2D eigenvalue weighted by Crippen LogP contribution is -2.41. The molecule has 2 N–H and O–H groups in total. The van der Waals surface area contributed by atoms with E-state index in [2.05, 4.69) is 15.6 Å². The molecule has 0 unspecified atom stereocenters. The molecule has 2 aliphatic rings. The lowest BCUT2D eigenvalue weighted by molar-refractivity contribution is -0.148. The summed E-state index contributed by atoms with van der Waals surface area (Å²) in [5.41, 5.74) is 0. The third kappa shape index (κ3) is 8.67. The van der Waals surface area contributed by atoms with Crippen molar-refractivity contribution in [2.45, 2.75) is 51.6 Å². The molecule has 162 valence electrons. The standard InChI is InChI=1S/C19H34F3N5O/c1-2-23-18(24-9-4-12-27-11-3-5-17(27)28)25-10-6-16-7-13-26(14-8-16)15-19(20,21)22/h16H,2-15H2,1H3,(H2,23,24,25). The van der Waals surface area contributed by atoms with Gasteiger partial charge in [0, 0.05) is 39.1 Å². The molecule has 2 aliphatic heterocycles. The van der Waals surface area contributed by atoms with Gasteiger partial charge < -0.3 is 15.5 Å². The van der Waals surface area contributed by atoms with Crippen LogP contribution in [0.25, 0.3) is 0 Å². The Balaban J connectivity index is 1.61. The molecule has 0 aromatic carbocycles. The van der Waals surface area contributed by atoms with E-state index in [4.69, 9.17) is 0 Å². The molecule has 0 bridgehead atoms. The number of likely N-dealkylation sites (tertiary alicyclic amines) is 2. The monoisotopic (exact) mass is 405 g/mol. The average molecular weight is 406 g/mol. The molecule has 0 aromatic rings. The number of halogens is 3.